The fourth-order valence-corrected chi connectivity index (χ4v) is 2.99. The largest absolute Gasteiger partial charge is 0.438 e. The van der Waals surface area contributed by atoms with Crippen molar-refractivity contribution in [1.82, 2.24) is 9.97 Å². The average molecular weight is 336 g/mol. The van der Waals surface area contributed by atoms with Crippen molar-refractivity contribution in [2.24, 2.45) is 0 Å². The van der Waals surface area contributed by atoms with Crippen LogP contribution >= 0.6 is 0 Å². The number of rotatable bonds is 5. The van der Waals surface area contributed by atoms with E-state index in [0.29, 0.717) is 24.1 Å². The van der Waals surface area contributed by atoms with E-state index in [9.17, 15) is 0 Å². The molecule has 1 aliphatic heterocycles. The number of aromatic nitrogens is 2. The normalized spacial score (nSPS) is 16.9. The molecule has 0 saturated carbocycles. The third-order valence-corrected chi connectivity index (χ3v) is 4.27. The van der Waals surface area contributed by atoms with Crippen molar-refractivity contribution in [2.75, 3.05) is 24.2 Å². The van der Waals surface area contributed by atoms with Crippen LogP contribution in [0.15, 0.2) is 48.7 Å². The summed E-state index contributed by atoms with van der Waals surface area (Å²) in [5.41, 5.74) is 6.77. The van der Waals surface area contributed by atoms with Crippen molar-refractivity contribution in [1.29, 1.82) is 0 Å². The summed E-state index contributed by atoms with van der Waals surface area (Å²) in [6.45, 7) is 1.54. The zero-order valence-corrected chi connectivity index (χ0v) is 13.8. The van der Waals surface area contributed by atoms with Gasteiger partial charge in [-0.05, 0) is 25.0 Å². The van der Waals surface area contributed by atoms with Gasteiger partial charge < -0.3 is 20.5 Å². The smallest absolute Gasteiger partial charge is 0.226 e. The molecule has 3 N–H and O–H groups in total. The van der Waals surface area contributed by atoms with Crippen LogP contribution in [0.1, 0.15) is 12.8 Å². The number of ether oxygens (including phenoxy) is 2. The number of nitrogens with zero attached hydrogens (tertiary/aromatic N) is 2. The van der Waals surface area contributed by atoms with Gasteiger partial charge in [-0.3, -0.25) is 0 Å². The van der Waals surface area contributed by atoms with Crippen LogP contribution in [0.4, 0.5) is 11.6 Å². The predicted octanol–water partition coefficient (Wildman–Crippen LogP) is 3.60. The molecule has 1 aliphatic rings. The minimum atomic E-state index is 0.231. The summed E-state index contributed by atoms with van der Waals surface area (Å²) >= 11 is 0. The molecule has 0 aliphatic carbocycles. The lowest BCUT2D eigenvalue weighted by Crippen LogP contribution is -2.19. The van der Waals surface area contributed by atoms with E-state index in [2.05, 4.69) is 15.3 Å². The number of hydrogen-bond acceptors (Lipinski definition) is 6. The maximum Gasteiger partial charge on any atom is 0.226 e. The molecule has 6 heteroatoms. The molecule has 1 fully saturated rings. The van der Waals surface area contributed by atoms with Crippen LogP contribution in [0.2, 0.25) is 0 Å². The number of nitrogens with two attached hydrogens (primary N) is 1. The van der Waals surface area contributed by atoms with E-state index >= 15 is 0 Å². The lowest BCUT2D eigenvalue weighted by atomic mass is 10.1. The molecule has 128 valence electrons. The van der Waals surface area contributed by atoms with Gasteiger partial charge in [-0.15, -0.1) is 0 Å². The fraction of sp³-hybridized carbons (Fsp3) is 0.263. The molecular weight excluding hydrogens is 316 g/mol. The molecule has 4 rings (SSSR count). The minimum absolute atomic E-state index is 0.231. The number of hydrogen-bond donors (Lipinski definition) is 2. The topological polar surface area (TPSA) is 82.3 Å². The van der Waals surface area contributed by atoms with Gasteiger partial charge in [0.1, 0.15) is 5.75 Å². The number of benzene rings is 2. The van der Waals surface area contributed by atoms with Crippen molar-refractivity contribution < 1.29 is 9.47 Å². The molecule has 2 aromatic carbocycles. The van der Waals surface area contributed by atoms with Crippen molar-refractivity contribution >= 4 is 22.4 Å². The highest BCUT2D eigenvalue weighted by Crippen LogP contribution is 2.32. The van der Waals surface area contributed by atoms with Crippen LogP contribution in [0.3, 0.4) is 0 Å². The van der Waals surface area contributed by atoms with E-state index < -0.39 is 0 Å². The second kappa shape index (κ2) is 6.94. The summed E-state index contributed by atoms with van der Waals surface area (Å²) < 4.78 is 11.6. The summed E-state index contributed by atoms with van der Waals surface area (Å²) in [4.78, 5) is 8.67. The van der Waals surface area contributed by atoms with Crippen LogP contribution in [-0.4, -0.2) is 29.2 Å². The van der Waals surface area contributed by atoms with Crippen LogP contribution < -0.4 is 15.8 Å². The number of fused-ring (bicyclic) bond motifs is 1. The lowest BCUT2D eigenvalue weighted by Gasteiger charge is -2.12. The van der Waals surface area contributed by atoms with Crippen molar-refractivity contribution in [3.05, 3.63) is 48.7 Å². The van der Waals surface area contributed by atoms with Crippen molar-refractivity contribution in [3.8, 4) is 11.6 Å². The van der Waals surface area contributed by atoms with Crippen molar-refractivity contribution in [2.45, 2.75) is 18.9 Å². The SMILES string of the molecule is Nc1ccc(Oc2ccnc(NC[C@@H]3CCCO3)n2)c2ccccc12. The van der Waals surface area contributed by atoms with Gasteiger partial charge in [-0.1, -0.05) is 24.3 Å². The molecule has 1 atom stereocenters. The van der Waals surface area contributed by atoms with Gasteiger partial charge in [0.05, 0.1) is 6.10 Å². The van der Waals surface area contributed by atoms with E-state index in [0.717, 1.165) is 35.9 Å². The second-order valence-corrected chi connectivity index (χ2v) is 6.03. The highest BCUT2D eigenvalue weighted by atomic mass is 16.5. The lowest BCUT2D eigenvalue weighted by molar-refractivity contribution is 0.120. The first-order valence-electron chi connectivity index (χ1n) is 8.43. The van der Waals surface area contributed by atoms with Crippen LogP contribution in [0.5, 0.6) is 11.6 Å². The zero-order chi connectivity index (χ0) is 17.1. The number of nitrogens with one attached hydrogen (secondary N) is 1. The summed E-state index contributed by atoms with van der Waals surface area (Å²) in [7, 11) is 0. The summed E-state index contributed by atoms with van der Waals surface area (Å²) in [5, 5.41) is 5.13. The Labute approximate surface area is 146 Å². The molecule has 2 heterocycles. The first kappa shape index (κ1) is 15.7. The first-order valence-corrected chi connectivity index (χ1v) is 8.43. The molecule has 0 bridgehead atoms. The van der Waals surface area contributed by atoms with Crippen LogP contribution in [0.25, 0.3) is 10.8 Å². The summed E-state index contributed by atoms with van der Waals surface area (Å²) in [5.74, 6) is 1.74. The number of nitrogen functional groups attached to an aromatic ring is 1. The fourth-order valence-electron chi connectivity index (χ4n) is 2.99. The molecular formula is C19H20N4O2. The maximum absolute atomic E-state index is 6.04. The van der Waals surface area contributed by atoms with Crippen LogP contribution in [-0.2, 0) is 4.74 Å². The monoisotopic (exact) mass is 336 g/mol. The molecule has 0 radical (unpaired) electrons. The third-order valence-electron chi connectivity index (χ3n) is 4.27. The Morgan fingerprint density at radius 1 is 1.16 bits per heavy atom. The standard InChI is InChI=1S/C19H20N4O2/c20-16-7-8-17(15-6-2-1-5-14(15)16)25-18-9-10-21-19(23-18)22-12-13-4-3-11-24-13/h1-2,5-10,13H,3-4,11-12,20H2,(H,21,22,23)/t13-/m0/s1. The van der Waals surface area contributed by atoms with Gasteiger partial charge in [-0.2, -0.15) is 4.98 Å². The van der Waals surface area contributed by atoms with E-state index in [1.54, 1.807) is 12.3 Å². The Bertz CT molecular complexity index is 878. The predicted molar refractivity (Wildman–Crippen MR) is 97.9 cm³/mol. The van der Waals surface area contributed by atoms with Crippen molar-refractivity contribution in [3.63, 3.8) is 0 Å². The summed E-state index contributed by atoms with van der Waals surface area (Å²) in [6, 6.07) is 13.3. The molecule has 25 heavy (non-hydrogen) atoms. The Morgan fingerprint density at radius 2 is 2.04 bits per heavy atom. The molecule has 3 aromatic rings. The number of anilines is 2. The maximum atomic E-state index is 6.04. The first-order chi connectivity index (χ1) is 12.3. The Kier molecular flexibility index (Phi) is 4.35. The van der Waals surface area contributed by atoms with E-state index in [1.165, 1.54) is 0 Å². The molecule has 0 amide bonds. The molecule has 0 spiro atoms. The highest BCUT2D eigenvalue weighted by Gasteiger charge is 2.15. The van der Waals surface area contributed by atoms with Gasteiger partial charge in [0.25, 0.3) is 0 Å². The molecule has 1 saturated heterocycles. The van der Waals surface area contributed by atoms with E-state index in [1.807, 2.05) is 36.4 Å². The van der Waals surface area contributed by atoms with Gasteiger partial charge in [-0.25, -0.2) is 4.98 Å². The highest BCUT2D eigenvalue weighted by molar-refractivity contribution is 5.97. The molecule has 0 unspecified atom stereocenters. The van der Waals surface area contributed by atoms with E-state index in [-0.39, 0.29) is 6.10 Å². The second-order valence-electron chi connectivity index (χ2n) is 6.03. The van der Waals surface area contributed by atoms with E-state index in [4.69, 9.17) is 15.2 Å². The van der Waals surface area contributed by atoms with Crippen LogP contribution in [0, 0.1) is 0 Å². The molecule has 6 nitrogen and oxygen atoms in total. The average Bonchev–Trinajstić information content (AvgIpc) is 3.17. The minimum Gasteiger partial charge on any atom is -0.438 e. The summed E-state index contributed by atoms with van der Waals surface area (Å²) in [6.07, 6.45) is 4.09. The van der Waals surface area contributed by atoms with Gasteiger partial charge in [0, 0.05) is 41.9 Å². The Balaban J connectivity index is 1.53. The molecule has 1 aromatic heterocycles. The Hall–Kier alpha value is -2.86. The quantitative estimate of drug-likeness (QED) is 0.693. The van der Waals surface area contributed by atoms with Gasteiger partial charge in [0.15, 0.2) is 0 Å². The zero-order valence-electron chi connectivity index (χ0n) is 13.8. The third kappa shape index (κ3) is 3.49. The Morgan fingerprint density at radius 3 is 2.88 bits per heavy atom. The van der Waals surface area contributed by atoms with Gasteiger partial charge >= 0.3 is 0 Å². The van der Waals surface area contributed by atoms with Gasteiger partial charge in [0.2, 0.25) is 11.8 Å².